The summed E-state index contributed by atoms with van der Waals surface area (Å²) in [7, 11) is 0. The van der Waals surface area contributed by atoms with Crippen LogP contribution >= 0.6 is 0 Å². The first-order valence-electron chi connectivity index (χ1n) is 8.86. The fourth-order valence-corrected chi connectivity index (χ4v) is 2.51. The van der Waals surface area contributed by atoms with Gasteiger partial charge in [-0.25, -0.2) is 5.43 Å². The second kappa shape index (κ2) is 9.36. The Hall–Kier alpha value is -3.88. The Kier molecular flexibility index (Phi) is 6.41. The molecule has 9 heteroatoms. The standard InChI is InChI=1S/C20H20N4O5/c1-13(9-18(25)22-15-7-8-16-17(10-15)29-12-28-16)23-24-20(27)19(26)21-11-14-5-3-2-4-6-14/h2-8,10H,9,11-12H2,1H3,(H,21,26)(H,22,25)(H,24,27)/b23-13+. The van der Waals surface area contributed by atoms with Crippen LogP contribution in [-0.2, 0) is 20.9 Å². The van der Waals surface area contributed by atoms with Crippen molar-refractivity contribution < 1.29 is 23.9 Å². The van der Waals surface area contributed by atoms with E-state index < -0.39 is 11.8 Å². The highest BCUT2D eigenvalue weighted by atomic mass is 16.7. The summed E-state index contributed by atoms with van der Waals surface area (Å²) in [6.45, 7) is 1.95. The predicted molar refractivity (Wildman–Crippen MR) is 105 cm³/mol. The van der Waals surface area contributed by atoms with E-state index in [0.29, 0.717) is 22.9 Å². The van der Waals surface area contributed by atoms with Gasteiger partial charge in [-0.1, -0.05) is 30.3 Å². The van der Waals surface area contributed by atoms with E-state index in [1.807, 2.05) is 30.3 Å². The molecule has 0 radical (unpaired) electrons. The van der Waals surface area contributed by atoms with Gasteiger partial charge < -0.3 is 20.1 Å². The molecule has 0 saturated heterocycles. The number of nitrogens with one attached hydrogen (secondary N) is 3. The van der Waals surface area contributed by atoms with E-state index in [1.165, 1.54) is 0 Å². The normalized spacial score (nSPS) is 12.2. The molecule has 0 aromatic heterocycles. The van der Waals surface area contributed by atoms with Crippen LogP contribution in [0.2, 0.25) is 0 Å². The average Bonchev–Trinajstić information content (AvgIpc) is 3.18. The summed E-state index contributed by atoms with van der Waals surface area (Å²) < 4.78 is 10.5. The predicted octanol–water partition coefficient (Wildman–Crippen LogP) is 1.55. The maximum Gasteiger partial charge on any atom is 0.329 e. The molecule has 1 aliphatic rings. The minimum absolute atomic E-state index is 0.0552. The Bertz CT molecular complexity index is 943. The molecule has 2 aromatic carbocycles. The largest absolute Gasteiger partial charge is 0.454 e. The van der Waals surface area contributed by atoms with Gasteiger partial charge in [-0.3, -0.25) is 14.4 Å². The van der Waals surface area contributed by atoms with Gasteiger partial charge in [-0.2, -0.15) is 5.10 Å². The lowest BCUT2D eigenvalue weighted by atomic mass is 10.2. The number of carbonyl (C=O) groups is 3. The topological polar surface area (TPSA) is 118 Å². The van der Waals surface area contributed by atoms with Crippen molar-refractivity contribution in [2.24, 2.45) is 5.10 Å². The molecule has 3 N–H and O–H groups in total. The van der Waals surface area contributed by atoms with Gasteiger partial charge in [0, 0.05) is 24.0 Å². The maximum absolute atomic E-state index is 12.1. The molecule has 9 nitrogen and oxygen atoms in total. The van der Waals surface area contributed by atoms with Crippen molar-refractivity contribution in [2.75, 3.05) is 12.1 Å². The molecule has 0 aliphatic carbocycles. The first-order valence-corrected chi connectivity index (χ1v) is 8.86. The number of ether oxygens (including phenoxy) is 2. The highest BCUT2D eigenvalue weighted by Gasteiger charge is 2.15. The van der Waals surface area contributed by atoms with E-state index in [4.69, 9.17) is 9.47 Å². The van der Waals surface area contributed by atoms with E-state index in [2.05, 4.69) is 21.2 Å². The molecule has 3 amide bonds. The molecular formula is C20H20N4O5. The quantitative estimate of drug-likeness (QED) is 0.389. The molecule has 0 saturated carbocycles. The Morgan fingerprint density at radius 3 is 2.55 bits per heavy atom. The molecule has 29 heavy (non-hydrogen) atoms. The van der Waals surface area contributed by atoms with Crippen molar-refractivity contribution in [3.8, 4) is 11.5 Å². The van der Waals surface area contributed by atoms with Crippen LogP contribution in [0, 0.1) is 0 Å². The Morgan fingerprint density at radius 1 is 1.00 bits per heavy atom. The van der Waals surface area contributed by atoms with Crippen molar-refractivity contribution in [1.82, 2.24) is 10.7 Å². The molecule has 0 fully saturated rings. The summed E-state index contributed by atoms with van der Waals surface area (Å²) in [5.74, 6) is -0.865. The van der Waals surface area contributed by atoms with E-state index in [1.54, 1.807) is 25.1 Å². The van der Waals surface area contributed by atoms with Gasteiger partial charge in [0.2, 0.25) is 12.7 Å². The van der Waals surface area contributed by atoms with Crippen molar-refractivity contribution in [1.29, 1.82) is 0 Å². The number of hydrogen-bond acceptors (Lipinski definition) is 6. The third kappa shape index (κ3) is 5.80. The lowest BCUT2D eigenvalue weighted by Gasteiger charge is -2.07. The molecule has 0 spiro atoms. The monoisotopic (exact) mass is 396 g/mol. The molecule has 2 aromatic rings. The van der Waals surface area contributed by atoms with Gasteiger partial charge in [0.1, 0.15) is 0 Å². The number of rotatable bonds is 6. The summed E-state index contributed by atoms with van der Waals surface area (Å²) >= 11 is 0. The van der Waals surface area contributed by atoms with Gasteiger partial charge in [0.15, 0.2) is 11.5 Å². The molecule has 1 aliphatic heterocycles. The van der Waals surface area contributed by atoms with Crippen LogP contribution in [-0.4, -0.2) is 30.2 Å². The number of amides is 3. The van der Waals surface area contributed by atoms with Crippen LogP contribution in [0.3, 0.4) is 0 Å². The molecule has 1 heterocycles. The zero-order valence-electron chi connectivity index (χ0n) is 15.7. The second-order valence-electron chi connectivity index (χ2n) is 6.25. The van der Waals surface area contributed by atoms with E-state index in [0.717, 1.165) is 5.56 Å². The van der Waals surface area contributed by atoms with E-state index >= 15 is 0 Å². The molecule has 3 rings (SSSR count). The van der Waals surface area contributed by atoms with Crippen molar-refractivity contribution in [2.45, 2.75) is 19.9 Å². The molecule has 150 valence electrons. The van der Waals surface area contributed by atoms with Crippen LogP contribution in [0.4, 0.5) is 5.69 Å². The van der Waals surface area contributed by atoms with Crippen LogP contribution in [0.15, 0.2) is 53.6 Å². The number of fused-ring (bicyclic) bond motifs is 1. The maximum atomic E-state index is 12.1. The first-order chi connectivity index (χ1) is 14.0. The number of anilines is 1. The molecule has 0 unspecified atom stereocenters. The number of hydrazone groups is 1. The number of hydrogen-bond donors (Lipinski definition) is 3. The minimum Gasteiger partial charge on any atom is -0.454 e. The zero-order valence-corrected chi connectivity index (χ0v) is 15.7. The summed E-state index contributed by atoms with van der Waals surface area (Å²) in [4.78, 5) is 35.7. The van der Waals surface area contributed by atoms with Crippen molar-refractivity contribution >= 4 is 29.1 Å². The summed E-state index contributed by atoms with van der Waals surface area (Å²) in [6, 6.07) is 14.2. The Morgan fingerprint density at radius 2 is 1.76 bits per heavy atom. The van der Waals surface area contributed by atoms with Gasteiger partial charge in [0.25, 0.3) is 0 Å². The molecule has 0 bridgehead atoms. The van der Waals surface area contributed by atoms with Crippen LogP contribution in [0.1, 0.15) is 18.9 Å². The molecular weight excluding hydrogens is 376 g/mol. The number of benzene rings is 2. The van der Waals surface area contributed by atoms with Crippen molar-refractivity contribution in [3.63, 3.8) is 0 Å². The van der Waals surface area contributed by atoms with Crippen molar-refractivity contribution in [3.05, 3.63) is 54.1 Å². The van der Waals surface area contributed by atoms with E-state index in [9.17, 15) is 14.4 Å². The third-order valence-corrected chi connectivity index (χ3v) is 3.92. The number of nitrogens with zero attached hydrogens (tertiary/aromatic N) is 1. The lowest BCUT2D eigenvalue weighted by Crippen LogP contribution is -2.37. The second-order valence-corrected chi connectivity index (χ2v) is 6.25. The fourth-order valence-electron chi connectivity index (χ4n) is 2.51. The number of carbonyl (C=O) groups excluding carboxylic acids is 3. The Balaban J connectivity index is 1.43. The van der Waals surface area contributed by atoms with Gasteiger partial charge >= 0.3 is 11.8 Å². The first kappa shape index (κ1) is 19.9. The highest BCUT2D eigenvalue weighted by molar-refractivity contribution is 6.35. The average molecular weight is 396 g/mol. The van der Waals surface area contributed by atoms with Gasteiger partial charge in [-0.15, -0.1) is 0 Å². The fraction of sp³-hybridized carbons (Fsp3) is 0.200. The lowest BCUT2D eigenvalue weighted by molar-refractivity contribution is -0.139. The molecule has 0 atom stereocenters. The smallest absolute Gasteiger partial charge is 0.329 e. The van der Waals surface area contributed by atoms with E-state index in [-0.39, 0.29) is 25.7 Å². The zero-order chi connectivity index (χ0) is 20.6. The van der Waals surface area contributed by atoms with Crippen LogP contribution in [0.5, 0.6) is 11.5 Å². The summed E-state index contributed by atoms with van der Waals surface area (Å²) in [5, 5.41) is 8.99. The third-order valence-electron chi connectivity index (χ3n) is 3.92. The highest BCUT2D eigenvalue weighted by Crippen LogP contribution is 2.34. The van der Waals surface area contributed by atoms with Crippen LogP contribution in [0.25, 0.3) is 0 Å². The minimum atomic E-state index is -0.906. The SMILES string of the molecule is C/C(CC(=O)Nc1ccc2c(c1)OCO2)=N\NC(=O)C(=O)NCc1ccccc1. The summed E-state index contributed by atoms with van der Waals surface area (Å²) in [6.07, 6.45) is -0.0552. The van der Waals surface area contributed by atoms with Gasteiger partial charge in [-0.05, 0) is 24.6 Å². The summed E-state index contributed by atoms with van der Waals surface area (Å²) in [5.41, 5.74) is 3.90. The Labute approximate surface area is 167 Å². The van der Waals surface area contributed by atoms with Crippen LogP contribution < -0.4 is 25.5 Å². The van der Waals surface area contributed by atoms with Gasteiger partial charge in [0.05, 0.1) is 6.42 Å².